The summed E-state index contributed by atoms with van der Waals surface area (Å²) in [4.78, 5) is 27.2. The van der Waals surface area contributed by atoms with Gasteiger partial charge in [-0.2, -0.15) is 4.31 Å². The molecule has 3 rings (SSSR count). The Bertz CT molecular complexity index is 1070. The Morgan fingerprint density at radius 1 is 1.03 bits per heavy atom. The molecule has 0 aliphatic carbocycles. The molecule has 1 saturated heterocycles. The maximum absolute atomic E-state index is 13.6. The smallest absolute Gasteiger partial charge is 0.253 e. The molecule has 0 aromatic heterocycles. The molecule has 1 aliphatic rings. The maximum atomic E-state index is 13.6. The summed E-state index contributed by atoms with van der Waals surface area (Å²) in [5.41, 5.74) is 1.24. The molecule has 2 amide bonds. The first-order valence-electron chi connectivity index (χ1n) is 11.2. The van der Waals surface area contributed by atoms with E-state index >= 15 is 0 Å². The quantitative estimate of drug-likeness (QED) is 0.610. The molecule has 0 bridgehead atoms. The Morgan fingerprint density at radius 2 is 1.67 bits per heavy atom. The van der Waals surface area contributed by atoms with Crippen LogP contribution in [0.3, 0.4) is 0 Å². The fraction of sp³-hybridized carbons (Fsp3) is 0.417. The minimum absolute atomic E-state index is 0.0167. The summed E-state index contributed by atoms with van der Waals surface area (Å²) in [7, 11) is -3.97. The molecule has 1 unspecified atom stereocenters. The lowest BCUT2D eigenvalue weighted by molar-refractivity contribution is -0.124. The number of hydrogen-bond donors (Lipinski definition) is 1. The van der Waals surface area contributed by atoms with Gasteiger partial charge in [0.2, 0.25) is 15.9 Å². The summed E-state index contributed by atoms with van der Waals surface area (Å²) in [6, 6.07) is 12.0. The molecule has 2 aromatic carbocycles. The molecular weight excluding hydrogens is 462 g/mol. The zero-order valence-corrected chi connectivity index (χ0v) is 20.5. The molecule has 1 heterocycles. The molecule has 178 valence electrons. The van der Waals surface area contributed by atoms with Crippen LogP contribution in [-0.4, -0.2) is 55.1 Å². The van der Waals surface area contributed by atoms with E-state index in [9.17, 15) is 18.0 Å². The fourth-order valence-corrected chi connectivity index (χ4v) is 5.66. The number of rotatable bonds is 8. The van der Waals surface area contributed by atoms with Gasteiger partial charge in [-0.25, -0.2) is 8.42 Å². The van der Waals surface area contributed by atoms with Crippen molar-refractivity contribution >= 4 is 33.4 Å². The summed E-state index contributed by atoms with van der Waals surface area (Å²) >= 11 is 5.94. The van der Waals surface area contributed by atoms with E-state index in [1.165, 1.54) is 28.6 Å². The molecule has 1 N–H and O–H groups in total. The lowest BCUT2D eigenvalue weighted by atomic mass is 10.1. The predicted octanol–water partition coefficient (Wildman–Crippen LogP) is 3.68. The first kappa shape index (κ1) is 25.2. The van der Waals surface area contributed by atoms with Crippen LogP contribution >= 0.6 is 11.6 Å². The van der Waals surface area contributed by atoms with Gasteiger partial charge in [-0.05, 0) is 75.1 Å². The Labute approximate surface area is 200 Å². The van der Waals surface area contributed by atoms with Gasteiger partial charge in [0.1, 0.15) is 6.04 Å². The van der Waals surface area contributed by atoms with Gasteiger partial charge in [0.15, 0.2) is 0 Å². The van der Waals surface area contributed by atoms with Crippen LogP contribution < -0.4 is 5.32 Å². The summed E-state index contributed by atoms with van der Waals surface area (Å²) in [6.07, 6.45) is 1.99. The molecule has 0 saturated carbocycles. The van der Waals surface area contributed by atoms with Crippen LogP contribution in [0.2, 0.25) is 5.02 Å². The van der Waals surface area contributed by atoms with Gasteiger partial charge in [-0.15, -0.1) is 0 Å². The number of carbonyl (C=O) groups is 2. The van der Waals surface area contributed by atoms with Gasteiger partial charge in [0.25, 0.3) is 5.91 Å². The van der Waals surface area contributed by atoms with E-state index in [1.54, 1.807) is 29.2 Å². The van der Waals surface area contributed by atoms with Crippen molar-refractivity contribution in [1.29, 1.82) is 0 Å². The number of hydrogen-bond acceptors (Lipinski definition) is 4. The van der Waals surface area contributed by atoms with Crippen molar-refractivity contribution in [2.24, 2.45) is 0 Å². The van der Waals surface area contributed by atoms with Crippen molar-refractivity contribution < 1.29 is 18.0 Å². The Hall–Kier alpha value is -2.42. The zero-order chi connectivity index (χ0) is 24.0. The number of amides is 2. The molecule has 1 atom stereocenters. The molecule has 0 spiro atoms. The SMILES string of the molecule is CCN(CC)C(=O)c1ccc(CN(C2CCCCNC2=O)S(=O)(=O)c2ccc(Cl)cc2)cc1. The Balaban J connectivity index is 1.94. The maximum Gasteiger partial charge on any atom is 0.253 e. The highest BCUT2D eigenvalue weighted by atomic mass is 35.5. The van der Waals surface area contributed by atoms with E-state index in [-0.39, 0.29) is 23.3 Å². The predicted molar refractivity (Wildman–Crippen MR) is 129 cm³/mol. The molecule has 1 fully saturated rings. The van der Waals surface area contributed by atoms with E-state index in [2.05, 4.69) is 5.32 Å². The molecule has 7 nitrogen and oxygen atoms in total. The first-order valence-corrected chi connectivity index (χ1v) is 13.0. The van der Waals surface area contributed by atoms with Crippen molar-refractivity contribution in [3.63, 3.8) is 0 Å². The monoisotopic (exact) mass is 491 g/mol. The normalized spacial score (nSPS) is 16.8. The van der Waals surface area contributed by atoms with E-state index in [4.69, 9.17) is 11.6 Å². The second-order valence-corrected chi connectivity index (χ2v) is 10.3. The highest BCUT2D eigenvalue weighted by molar-refractivity contribution is 7.89. The minimum Gasteiger partial charge on any atom is -0.355 e. The molecule has 2 aromatic rings. The average molecular weight is 492 g/mol. The zero-order valence-electron chi connectivity index (χ0n) is 19.0. The largest absolute Gasteiger partial charge is 0.355 e. The van der Waals surface area contributed by atoms with Gasteiger partial charge in [-0.1, -0.05) is 23.7 Å². The molecular formula is C24H30ClN3O4S. The molecule has 9 heteroatoms. The van der Waals surface area contributed by atoms with Crippen molar-refractivity contribution in [2.75, 3.05) is 19.6 Å². The lowest BCUT2D eigenvalue weighted by Crippen LogP contribution is -2.48. The van der Waals surface area contributed by atoms with Crippen molar-refractivity contribution in [3.8, 4) is 0 Å². The summed E-state index contributed by atoms with van der Waals surface area (Å²) in [5.74, 6) is -0.362. The minimum atomic E-state index is -3.97. The van der Waals surface area contributed by atoms with Crippen molar-refractivity contribution in [1.82, 2.24) is 14.5 Å². The van der Waals surface area contributed by atoms with Crippen LogP contribution in [0.4, 0.5) is 0 Å². The standard InChI is InChI=1S/C24H30ClN3O4S/c1-3-27(4-2)24(30)19-10-8-18(9-11-19)17-28(22-7-5-6-16-26-23(22)29)33(31,32)21-14-12-20(25)13-15-21/h8-15,22H,3-7,16-17H2,1-2H3,(H,26,29). The van der Waals surface area contributed by atoms with Crippen LogP contribution in [0, 0.1) is 0 Å². The van der Waals surface area contributed by atoms with Crippen LogP contribution in [0.1, 0.15) is 49.0 Å². The van der Waals surface area contributed by atoms with E-state index in [0.29, 0.717) is 42.2 Å². The van der Waals surface area contributed by atoms with Crippen LogP contribution in [-0.2, 0) is 21.4 Å². The second-order valence-electron chi connectivity index (χ2n) is 7.98. The van der Waals surface area contributed by atoms with Gasteiger partial charge < -0.3 is 10.2 Å². The number of halogens is 1. The topological polar surface area (TPSA) is 86.8 Å². The number of benzene rings is 2. The van der Waals surface area contributed by atoms with Crippen LogP contribution in [0.5, 0.6) is 0 Å². The number of nitrogens with zero attached hydrogens (tertiary/aromatic N) is 2. The Kier molecular flexibility index (Phi) is 8.51. The second kappa shape index (κ2) is 11.1. The van der Waals surface area contributed by atoms with Crippen LogP contribution in [0.15, 0.2) is 53.4 Å². The molecule has 1 aliphatic heterocycles. The lowest BCUT2D eigenvalue weighted by Gasteiger charge is -2.29. The number of sulfonamides is 1. The molecule has 33 heavy (non-hydrogen) atoms. The summed E-state index contributed by atoms with van der Waals surface area (Å²) in [5, 5.41) is 3.26. The van der Waals surface area contributed by atoms with Gasteiger partial charge in [0, 0.05) is 36.8 Å². The third-order valence-corrected chi connectivity index (χ3v) is 7.98. The average Bonchev–Trinajstić information content (AvgIpc) is 3.03. The molecule has 0 radical (unpaired) electrons. The van der Waals surface area contributed by atoms with Gasteiger partial charge >= 0.3 is 0 Å². The van der Waals surface area contributed by atoms with E-state index in [1.807, 2.05) is 13.8 Å². The van der Waals surface area contributed by atoms with Gasteiger partial charge in [-0.3, -0.25) is 9.59 Å². The summed E-state index contributed by atoms with van der Waals surface area (Å²) < 4.78 is 28.4. The van der Waals surface area contributed by atoms with Crippen LogP contribution in [0.25, 0.3) is 0 Å². The number of nitrogens with one attached hydrogen (secondary N) is 1. The third-order valence-electron chi connectivity index (χ3n) is 5.86. The number of carbonyl (C=O) groups excluding carboxylic acids is 2. The highest BCUT2D eigenvalue weighted by Crippen LogP contribution is 2.26. The fourth-order valence-electron chi connectivity index (χ4n) is 3.93. The third kappa shape index (κ3) is 5.93. The summed E-state index contributed by atoms with van der Waals surface area (Å²) in [6.45, 7) is 5.62. The Morgan fingerprint density at radius 3 is 2.27 bits per heavy atom. The van der Waals surface area contributed by atoms with E-state index in [0.717, 1.165) is 12.8 Å². The van der Waals surface area contributed by atoms with Crippen molar-refractivity contribution in [2.45, 2.75) is 50.6 Å². The highest BCUT2D eigenvalue weighted by Gasteiger charge is 2.36. The van der Waals surface area contributed by atoms with Gasteiger partial charge in [0.05, 0.1) is 4.90 Å². The first-order chi connectivity index (χ1) is 15.8. The van der Waals surface area contributed by atoms with Crippen molar-refractivity contribution in [3.05, 3.63) is 64.7 Å². The van der Waals surface area contributed by atoms with E-state index < -0.39 is 16.1 Å².